The first kappa shape index (κ1) is 24.5. The van der Waals surface area contributed by atoms with Crippen LogP contribution in [0.25, 0.3) is 0 Å². The van der Waals surface area contributed by atoms with Gasteiger partial charge in [-0.3, -0.25) is 9.78 Å². The quantitative estimate of drug-likeness (QED) is 0.364. The van der Waals surface area contributed by atoms with E-state index in [0.29, 0.717) is 18.7 Å². The third-order valence-electron chi connectivity index (χ3n) is 5.06. The van der Waals surface area contributed by atoms with Crippen molar-refractivity contribution in [1.29, 1.82) is 0 Å². The maximum absolute atomic E-state index is 12.8. The van der Waals surface area contributed by atoms with E-state index in [2.05, 4.69) is 20.3 Å². The van der Waals surface area contributed by atoms with Crippen molar-refractivity contribution >= 4 is 33.6 Å². The third-order valence-corrected chi connectivity index (χ3v) is 6.55. The Morgan fingerprint density at radius 2 is 1.97 bits per heavy atom. The molecule has 3 rings (SSSR count). The largest absolute Gasteiger partial charge is 0.391 e. The van der Waals surface area contributed by atoms with Crippen molar-refractivity contribution in [2.75, 3.05) is 11.9 Å². The number of anilines is 1. The van der Waals surface area contributed by atoms with E-state index in [4.69, 9.17) is 4.74 Å². The Labute approximate surface area is 192 Å². The summed E-state index contributed by atoms with van der Waals surface area (Å²) >= 11 is 0. The fraction of sp³-hybridized carbons (Fsp3) is 0.364. The molecule has 3 N–H and O–H groups in total. The van der Waals surface area contributed by atoms with Crippen molar-refractivity contribution < 1.29 is 27.5 Å². The highest BCUT2D eigenvalue weighted by molar-refractivity contribution is 7.89. The van der Waals surface area contributed by atoms with Gasteiger partial charge in [-0.2, -0.15) is 4.72 Å². The van der Waals surface area contributed by atoms with Gasteiger partial charge in [0, 0.05) is 12.6 Å². The van der Waals surface area contributed by atoms with Gasteiger partial charge in [0.15, 0.2) is 0 Å². The molecule has 2 atom stereocenters. The van der Waals surface area contributed by atoms with Gasteiger partial charge in [-0.1, -0.05) is 17.7 Å². The van der Waals surface area contributed by atoms with Gasteiger partial charge >= 0.3 is 11.9 Å². The van der Waals surface area contributed by atoms with E-state index >= 15 is 0 Å². The maximum atomic E-state index is 12.8. The standard InChI is InChI=1S/C22H26N4O6S/c1-15-6-8-17(9-7-15)33(30,31)26-19(22(29)32-21(28)18-5-3-13-24-18)10-11-20(27)25-16-4-2-12-23-14-16/h2,4,6-9,12,14,18-19,24,26H,3,5,10-11,13H2,1H3,(H,25,27)/t18-,19-/m0/s1. The van der Waals surface area contributed by atoms with Crippen LogP contribution in [0.5, 0.6) is 0 Å². The second-order valence-corrected chi connectivity index (χ2v) is 9.42. The van der Waals surface area contributed by atoms with Gasteiger partial charge in [-0.15, -0.1) is 0 Å². The summed E-state index contributed by atoms with van der Waals surface area (Å²) in [5.74, 6) is -2.27. The minimum Gasteiger partial charge on any atom is -0.391 e. The zero-order valence-corrected chi connectivity index (χ0v) is 18.9. The van der Waals surface area contributed by atoms with E-state index in [9.17, 15) is 22.8 Å². The fourth-order valence-electron chi connectivity index (χ4n) is 3.26. The zero-order chi connectivity index (χ0) is 23.8. The molecule has 0 radical (unpaired) electrons. The molecule has 1 saturated heterocycles. The second-order valence-electron chi connectivity index (χ2n) is 7.70. The number of carbonyl (C=O) groups excluding carboxylic acids is 3. The number of rotatable bonds is 9. The summed E-state index contributed by atoms with van der Waals surface area (Å²) in [5.41, 5.74) is 1.33. The Balaban J connectivity index is 1.70. The fourth-order valence-corrected chi connectivity index (χ4v) is 4.48. The molecule has 1 amide bonds. The maximum Gasteiger partial charge on any atom is 0.331 e. The monoisotopic (exact) mass is 474 g/mol. The summed E-state index contributed by atoms with van der Waals surface area (Å²) in [6.07, 6.45) is 3.91. The SMILES string of the molecule is Cc1ccc(S(=O)(=O)N[C@@H](CCC(=O)Nc2cccnc2)C(=O)OC(=O)[C@@H]2CCCN2)cc1. The number of aromatic nitrogens is 1. The number of nitrogens with zero attached hydrogens (tertiary/aromatic N) is 1. The van der Waals surface area contributed by atoms with Crippen LogP contribution in [0.3, 0.4) is 0 Å². The molecule has 0 aliphatic carbocycles. The molecule has 0 saturated carbocycles. The van der Waals surface area contributed by atoms with Gasteiger partial charge in [0.05, 0.1) is 16.8 Å². The van der Waals surface area contributed by atoms with E-state index < -0.39 is 40.0 Å². The highest BCUT2D eigenvalue weighted by Crippen LogP contribution is 2.14. The summed E-state index contributed by atoms with van der Waals surface area (Å²) in [5, 5.41) is 5.54. The number of carbonyl (C=O) groups is 3. The highest BCUT2D eigenvalue weighted by atomic mass is 32.2. The van der Waals surface area contributed by atoms with Crippen LogP contribution in [0.4, 0.5) is 5.69 Å². The number of pyridine rings is 1. The van der Waals surface area contributed by atoms with Crippen LogP contribution in [0.1, 0.15) is 31.2 Å². The Morgan fingerprint density at radius 3 is 2.61 bits per heavy atom. The number of amides is 1. The van der Waals surface area contributed by atoms with E-state index in [-0.39, 0.29) is 17.7 Å². The lowest BCUT2D eigenvalue weighted by molar-refractivity contribution is -0.162. The molecule has 1 aromatic carbocycles. The summed E-state index contributed by atoms with van der Waals surface area (Å²) in [6.45, 7) is 2.44. The lowest BCUT2D eigenvalue weighted by Gasteiger charge is -2.18. The molecule has 1 aliphatic rings. The number of nitrogens with one attached hydrogen (secondary N) is 3. The molecule has 0 spiro atoms. The molecular formula is C22H26N4O6S. The van der Waals surface area contributed by atoms with Crippen LogP contribution in [-0.2, 0) is 29.1 Å². The van der Waals surface area contributed by atoms with Gasteiger partial charge in [-0.25, -0.2) is 18.0 Å². The zero-order valence-electron chi connectivity index (χ0n) is 18.1. The summed E-state index contributed by atoms with van der Waals surface area (Å²) in [6, 6.07) is 7.30. The average Bonchev–Trinajstić information content (AvgIpc) is 3.33. The molecule has 11 heteroatoms. The van der Waals surface area contributed by atoms with Crippen molar-refractivity contribution in [2.24, 2.45) is 0 Å². The molecule has 33 heavy (non-hydrogen) atoms. The van der Waals surface area contributed by atoms with E-state index in [0.717, 1.165) is 12.0 Å². The normalized spacial score (nSPS) is 16.7. The minimum absolute atomic E-state index is 0.0468. The predicted octanol–water partition coefficient (Wildman–Crippen LogP) is 1.28. The average molecular weight is 475 g/mol. The molecular weight excluding hydrogens is 448 g/mol. The van der Waals surface area contributed by atoms with Crippen molar-refractivity contribution in [3.63, 3.8) is 0 Å². The number of sulfonamides is 1. The molecule has 1 aromatic heterocycles. The van der Waals surface area contributed by atoms with Gasteiger partial charge in [0.2, 0.25) is 15.9 Å². The summed E-state index contributed by atoms with van der Waals surface area (Å²) in [4.78, 5) is 41.1. The van der Waals surface area contributed by atoms with E-state index in [1.165, 1.54) is 18.3 Å². The smallest absolute Gasteiger partial charge is 0.331 e. The lowest BCUT2D eigenvalue weighted by atomic mass is 10.1. The van der Waals surface area contributed by atoms with Gasteiger partial charge in [-0.05, 0) is 57.0 Å². The Bertz CT molecular complexity index is 1080. The molecule has 1 fully saturated rings. The first-order valence-corrected chi connectivity index (χ1v) is 12.0. The van der Waals surface area contributed by atoms with Crippen LogP contribution < -0.4 is 15.4 Å². The van der Waals surface area contributed by atoms with Crippen molar-refractivity contribution in [1.82, 2.24) is 15.0 Å². The topological polar surface area (TPSA) is 144 Å². The molecule has 2 heterocycles. The number of benzene rings is 1. The van der Waals surface area contributed by atoms with E-state index in [1.807, 2.05) is 6.92 Å². The first-order chi connectivity index (χ1) is 15.7. The summed E-state index contributed by atoms with van der Waals surface area (Å²) < 4.78 is 32.8. The van der Waals surface area contributed by atoms with Crippen LogP contribution in [0, 0.1) is 6.92 Å². The van der Waals surface area contributed by atoms with Crippen LogP contribution >= 0.6 is 0 Å². The summed E-state index contributed by atoms with van der Waals surface area (Å²) in [7, 11) is -4.10. The first-order valence-electron chi connectivity index (χ1n) is 10.5. The number of ether oxygens (including phenoxy) is 1. The van der Waals surface area contributed by atoms with Crippen LogP contribution in [-0.4, -0.2) is 49.9 Å². The second kappa shape index (κ2) is 11.1. The number of hydrogen-bond donors (Lipinski definition) is 3. The molecule has 10 nitrogen and oxygen atoms in total. The van der Waals surface area contributed by atoms with Crippen molar-refractivity contribution in [3.8, 4) is 0 Å². The number of hydrogen-bond acceptors (Lipinski definition) is 8. The van der Waals surface area contributed by atoms with Crippen LogP contribution in [0.15, 0.2) is 53.7 Å². The number of esters is 2. The van der Waals surface area contributed by atoms with Crippen LogP contribution in [0.2, 0.25) is 0 Å². The molecule has 0 bridgehead atoms. The Hall–Kier alpha value is -3.15. The minimum atomic E-state index is -4.10. The van der Waals surface area contributed by atoms with Gasteiger partial charge in [0.1, 0.15) is 12.1 Å². The third kappa shape index (κ3) is 7.17. The van der Waals surface area contributed by atoms with Crippen molar-refractivity contribution in [3.05, 3.63) is 54.4 Å². The Morgan fingerprint density at radius 1 is 1.21 bits per heavy atom. The molecule has 0 unspecified atom stereocenters. The van der Waals surface area contributed by atoms with E-state index in [1.54, 1.807) is 30.5 Å². The predicted molar refractivity (Wildman–Crippen MR) is 120 cm³/mol. The van der Waals surface area contributed by atoms with Gasteiger partial charge in [0.25, 0.3) is 0 Å². The highest BCUT2D eigenvalue weighted by Gasteiger charge is 2.32. The van der Waals surface area contributed by atoms with Gasteiger partial charge < -0.3 is 15.4 Å². The number of aryl methyl sites for hydroxylation is 1. The van der Waals surface area contributed by atoms with Crippen molar-refractivity contribution in [2.45, 2.75) is 49.6 Å². The Kier molecular flexibility index (Phi) is 8.26. The molecule has 2 aromatic rings. The molecule has 176 valence electrons. The molecule has 1 aliphatic heterocycles. The lowest BCUT2D eigenvalue weighted by Crippen LogP contribution is -2.45.